The number of carbonyl (C=O) groups excluding carboxylic acids is 1. The summed E-state index contributed by atoms with van der Waals surface area (Å²) in [5, 5.41) is 0. The van der Waals surface area contributed by atoms with Crippen LogP contribution in [0.4, 0.5) is 0 Å². The lowest BCUT2D eigenvalue weighted by Crippen LogP contribution is -2.39. The summed E-state index contributed by atoms with van der Waals surface area (Å²) in [6.07, 6.45) is 3.09. The largest absolute Gasteiger partial charge is 0.369 e. The molecule has 0 unspecified atom stereocenters. The number of nitrogens with two attached hydrogens (primary N) is 1. The van der Waals surface area contributed by atoms with Crippen molar-refractivity contribution >= 4 is 5.91 Å². The summed E-state index contributed by atoms with van der Waals surface area (Å²) in [4.78, 5) is 15.6. The summed E-state index contributed by atoms with van der Waals surface area (Å²) in [7, 11) is 4.19. The zero-order chi connectivity index (χ0) is 11.3. The van der Waals surface area contributed by atoms with Gasteiger partial charge >= 0.3 is 0 Å². The summed E-state index contributed by atoms with van der Waals surface area (Å²) < 4.78 is 0. The predicted octanol–water partition coefficient (Wildman–Crippen LogP) is 0.135. The molecule has 1 aliphatic heterocycles. The highest BCUT2D eigenvalue weighted by molar-refractivity contribution is 5.76. The van der Waals surface area contributed by atoms with Crippen LogP contribution in [0.25, 0.3) is 0 Å². The lowest BCUT2D eigenvalue weighted by Gasteiger charge is -2.30. The smallest absolute Gasteiger partial charge is 0.220 e. The fraction of sp³-hybridized carbons (Fsp3) is 0.909. The molecule has 4 heteroatoms. The van der Waals surface area contributed by atoms with Gasteiger partial charge in [-0.15, -0.1) is 0 Å². The maximum absolute atomic E-state index is 11.0. The van der Waals surface area contributed by atoms with Gasteiger partial charge < -0.3 is 15.5 Å². The molecule has 15 heavy (non-hydrogen) atoms. The van der Waals surface area contributed by atoms with Crippen LogP contribution in [0, 0.1) is 5.92 Å². The Morgan fingerprint density at radius 2 is 2.00 bits per heavy atom. The van der Waals surface area contributed by atoms with Crippen molar-refractivity contribution in [3.8, 4) is 0 Å². The summed E-state index contributed by atoms with van der Waals surface area (Å²) in [5.74, 6) is -0.00181. The van der Waals surface area contributed by atoms with E-state index in [4.69, 9.17) is 5.73 Å². The van der Waals surface area contributed by atoms with Crippen LogP contribution in [-0.2, 0) is 4.79 Å². The molecular formula is C11H23N3O. The van der Waals surface area contributed by atoms with E-state index < -0.39 is 0 Å². The molecule has 0 bridgehead atoms. The third-order valence-electron chi connectivity index (χ3n) is 3.07. The lowest BCUT2D eigenvalue weighted by molar-refractivity contribution is -0.123. The van der Waals surface area contributed by atoms with Gasteiger partial charge in [0.25, 0.3) is 0 Å². The number of nitrogens with zero attached hydrogens (tertiary/aromatic N) is 2. The zero-order valence-electron chi connectivity index (χ0n) is 9.91. The normalized spacial score (nSPS) is 19.7. The SMILES string of the molecule is CN(C)CCCN1CCC(C(N)=O)CC1. The van der Waals surface area contributed by atoms with E-state index in [0.717, 1.165) is 39.0 Å². The van der Waals surface area contributed by atoms with Crippen molar-refractivity contribution in [2.24, 2.45) is 11.7 Å². The third kappa shape index (κ3) is 4.62. The molecule has 1 rings (SSSR count). The Bertz CT molecular complexity index is 198. The Hall–Kier alpha value is -0.610. The maximum Gasteiger partial charge on any atom is 0.220 e. The highest BCUT2D eigenvalue weighted by Crippen LogP contribution is 2.16. The Labute approximate surface area is 92.4 Å². The van der Waals surface area contributed by atoms with E-state index in [1.54, 1.807) is 0 Å². The number of rotatable bonds is 5. The molecule has 88 valence electrons. The van der Waals surface area contributed by atoms with Gasteiger partial charge in [-0.25, -0.2) is 0 Å². The molecule has 0 aromatic rings. The first kappa shape index (κ1) is 12.5. The molecule has 0 aromatic carbocycles. The summed E-state index contributed by atoms with van der Waals surface area (Å²) in [5.41, 5.74) is 5.29. The minimum absolute atomic E-state index is 0.120. The van der Waals surface area contributed by atoms with E-state index in [0.29, 0.717) is 0 Å². The Morgan fingerprint density at radius 1 is 1.40 bits per heavy atom. The number of likely N-dealkylation sites (tertiary alicyclic amines) is 1. The summed E-state index contributed by atoms with van der Waals surface area (Å²) in [6, 6.07) is 0. The molecule has 2 N–H and O–H groups in total. The molecule has 0 radical (unpaired) electrons. The van der Waals surface area contributed by atoms with Crippen LogP contribution in [0.1, 0.15) is 19.3 Å². The van der Waals surface area contributed by atoms with Crippen LogP contribution >= 0.6 is 0 Å². The molecule has 0 spiro atoms. The van der Waals surface area contributed by atoms with Crippen LogP contribution in [0.2, 0.25) is 0 Å². The quantitative estimate of drug-likeness (QED) is 0.706. The lowest BCUT2D eigenvalue weighted by atomic mass is 9.96. The second-order valence-electron chi connectivity index (χ2n) is 4.68. The van der Waals surface area contributed by atoms with E-state index in [1.165, 1.54) is 6.42 Å². The van der Waals surface area contributed by atoms with Crippen molar-refractivity contribution in [1.29, 1.82) is 0 Å². The summed E-state index contributed by atoms with van der Waals surface area (Å²) >= 11 is 0. The van der Waals surface area contributed by atoms with E-state index in [9.17, 15) is 4.79 Å². The van der Waals surface area contributed by atoms with E-state index in [1.807, 2.05) is 0 Å². The van der Waals surface area contributed by atoms with Crippen LogP contribution in [0.15, 0.2) is 0 Å². The van der Waals surface area contributed by atoms with Gasteiger partial charge in [0.1, 0.15) is 0 Å². The molecule has 1 fully saturated rings. The first-order chi connectivity index (χ1) is 7.09. The van der Waals surface area contributed by atoms with Gasteiger partial charge in [0, 0.05) is 5.92 Å². The fourth-order valence-electron chi connectivity index (χ4n) is 2.05. The van der Waals surface area contributed by atoms with Crippen LogP contribution < -0.4 is 5.73 Å². The van der Waals surface area contributed by atoms with Gasteiger partial charge in [0.05, 0.1) is 0 Å². The molecule has 1 amide bonds. The molecule has 1 saturated heterocycles. The Kier molecular flexibility index (Phi) is 5.05. The molecule has 1 aliphatic rings. The summed E-state index contributed by atoms with van der Waals surface area (Å²) in [6.45, 7) is 4.33. The van der Waals surface area contributed by atoms with Crippen molar-refractivity contribution in [1.82, 2.24) is 9.80 Å². The fourth-order valence-corrected chi connectivity index (χ4v) is 2.05. The minimum Gasteiger partial charge on any atom is -0.369 e. The number of primary amides is 1. The minimum atomic E-state index is -0.122. The third-order valence-corrected chi connectivity index (χ3v) is 3.07. The number of hydrogen-bond acceptors (Lipinski definition) is 3. The van der Waals surface area contributed by atoms with Gasteiger partial charge in [0.15, 0.2) is 0 Å². The van der Waals surface area contributed by atoms with Gasteiger partial charge in [0.2, 0.25) is 5.91 Å². The molecular weight excluding hydrogens is 190 g/mol. The van der Waals surface area contributed by atoms with E-state index >= 15 is 0 Å². The van der Waals surface area contributed by atoms with Gasteiger partial charge in [-0.1, -0.05) is 0 Å². The monoisotopic (exact) mass is 213 g/mol. The molecule has 1 heterocycles. The predicted molar refractivity (Wildman–Crippen MR) is 61.5 cm³/mol. The van der Waals surface area contributed by atoms with Crippen LogP contribution in [-0.4, -0.2) is 56.0 Å². The topological polar surface area (TPSA) is 49.6 Å². The van der Waals surface area contributed by atoms with Crippen LogP contribution in [0.3, 0.4) is 0 Å². The second-order valence-corrected chi connectivity index (χ2v) is 4.68. The molecule has 0 atom stereocenters. The second kappa shape index (κ2) is 6.08. The Balaban J connectivity index is 2.12. The number of piperidine rings is 1. The van der Waals surface area contributed by atoms with Crippen molar-refractivity contribution in [2.75, 3.05) is 40.3 Å². The number of hydrogen-bond donors (Lipinski definition) is 1. The average molecular weight is 213 g/mol. The average Bonchev–Trinajstić information content (AvgIpc) is 2.18. The zero-order valence-corrected chi connectivity index (χ0v) is 9.91. The molecule has 0 saturated carbocycles. The van der Waals surface area contributed by atoms with Gasteiger partial charge in [-0.3, -0.25) is 4.79 Å². The number of carbonyl (C=O) groups is 1. The first-order valence-corrected chi connectivity index (χ1v) is 5.76. The van der Waals surface area contributed by atoms with Crippen molar-refractivity contribution in [2.45, 2.75) is 19.3 Å². The number of amides is 1. The molecule has 4 nitrogen and oxygen atoms in total. The van der Waals surface area contributed by atoms with Crippen LogP contribution in [0.5, 0.6) is 0 Å². The van der Waals surface area contributed by atoms with E-state index in [-0.39, 0.29) is 11.8 Å². The van der Waals surface area contributed by atoms with Gasteiger partial charge in [-0.05, 0) is 59.5 Å². The first-order valence-electron chi connectivity index (χ1n) is 5.76. The molecule has 0 aliphatic carbocycles. The van der Waals surface area contributed by atoms with E-state index in [2.05, 4.69) is 23.9 Å². The van der Waals surface area contributed by atoms with Gasteiger partial charge in [-0.2, -0.15) is 0 Å². The highest BCUT2D eigenvalue weighted by atomic mass is 16.1. The maximum atomic E-state index is 11.0. The van der Waals surface area contributed by atoms with Crippen molar-refractivity contribution < 1.29 is 4.79 Å². The molecule has 0 aromatic heterocycles. The van der Waals surface area contributed by atoms with Crippen molar-refractivity contribution in [3.05, 3.63) is 0 Å². The highest BCUT2D eigenvalue weighted by Gasteiger charge is 2.22. The van der Waals surface area contributed by atoms with Crippen molar-refractivity contribution in [3.63, 3.8) is 0 Å². The Morgan fingerprint density at radius 3 is 2.47 bits per heavy atom. The standard InChI is InChI=1S/C11H23N3O/c1-13(2)6-3-7-14-8-4-10(5-9-14)11(12)15/h10H,3-9H2,1-2H3,(H2,12,15).